The topological polar surface area (TPSA) is 63.0 Å². The second kappa shape index (κ2) is 6.58. The van der Waals surface area contributed by atoms with Crippen molar-refractivity contribution in [2.75, 3.05) is 6.61 Å². The van der Waals surface area contributed by atoms with Crippen LogP contribution in [0.4, 0.5) is 8.78 Å². The van der Waals surface area contributed by atoms with Crippen molar-refractivity contribution < 1.29 is 18.3 Å². The first-order valence-electron chi connectivity index (χ1n) is 5.02. The number of ether oxygens (including phenoxy) is 1. The summed E-state index contributed by atoms with van der Waals surface area (Å²) in [7, 11) is 0. The molecule has 7 heteroatoms. The molecule has 0 amide bonds. The van der Waals surface area contributed by atoms with Crippen molar-refractivity contribution >= 4 is 28.6 Å². The van der Waals surface area contributed by atoms with Crippen LogP contribution in [0.5, 0.6) is 0 Å². The maximum absolute atomic E-state index is 12.8. The summed E-state index contributed by atoms with van der Waals surface area (Å²) in [6.07, 6.45) is -1.69. The Balaban J connectivity index is 3.13. The zero-order valence-electron chi connectivity index (χ0n) is 9.41. The second-order valence-corrected chi connectivity index (χ2v) is 4.33. The van der Waals surface area contributed by atoms with E-state index in [1.54, 1.807) is 35.6 Å². The monoisotopic (exact) mass is 366 g/mol. The van der Waals surface area contributed by atoms with E-state index >= 15 is 0 Å². The van der Waals surface area contributed by atoms with Gasteiger partial charge in [-0.2, -0.15) is 5.26 Å². The summed E-state index contributed by atoms with van der Waals surface area (Å²) in [6.45, 7) is 1.88. The molecule has 1 rings (SSSR count). The van der Waals surface area contributed by atoms with Gasteiger partial charge in [0.25, 0.3) is 6.43 Å². The molecule has 0 aromatic carbocycles. The molecule has 0 saturated heterocycles. The SMILES string of the molecule is CCOC(=O)Cc1cnc(C#N)c(C(F)F)c1I. The average molecular weight is 366 g/mol. The standard InChI is InChI=1S/C11H9F2IN2O2/c1-2-18-8(17)3-6-5-16-7(4-15)9(10(6)14)11(12)13/h5,11H,2-3H2,1H3. The number of nitriles is 1. The van der Waals surface area contributed by atoms with E-state index in [2.05, 4.69) is 4.98 Å². The molecule has 0 bridgehead atoms. The van der Waals surface area contributed by atoms with Crippen molar-refractivity contribution in [1.82, 2.24) is 4.98 Å². The molecule has 0 aliphatic rings. The number of aromatic nitrogens is 1. The van der Waals surface area contributed by atoms with Gasteiger partial charge in [-0.25, -0.2) is 13.8 Å². The van der Waals surface area contributed by atoms with Crippen molar-refractivity contribution in [2.45, 2.75) is 19.8 Å². The van der Waals surface area contributed by atoms with Crippen LogP contribution in [0.1, 0.15) is 30.2 Å². The summed E-state index contributed by atoms with van der Waals surface area (Å²) in [6, 6.07) is 1.61. The molecule has 1 aromatic rings. The van der Waals surface area contributed by atoms with Crippen molar-refractivity contribution in [1.29, 1.82) is 5.26 Å². The van der Waals surface area contributed by atoms with Crippen LogP contribution in [-0.4, -0.2) is 17.6 Å². The number of hydrogen-bond donors (Lipinski definition) is 0. The fourth-order valence-corrected chi connectivity index (χ4v) is 2.15. The first-order chi connectivity index (χ1) is 8.51. The van der Waals surface area contributed by atoms with Crippen LogP contribution in [0, 0.1) is 14.9 Å². The van der Waals surface area contributed by atoms with Gasteiger partial charge in [0.15, 0.2) is 0 Å². The highest BCUT2D eigenvalue weighted by molar-refractivity contribution is 14.1. The summed E-state index contributed by atoms with van der Waals surface area (Å²) in [4.78, 5) is 14.9. The fraction of sp³-hybridized carbons (Fsp3) is 0.364. The van der Waals surface area contributed by atoms with Crippen molar-refractivity contribution in [2.24, 2.45) is 0 Å². The molecule has 0 atom stereocenters. The number of halogens is 3. The van der Waals surface area contributed by atoms with Crippen LogP contribution < -0.4 is 0 Å². The van der Waals surface area contributed by atoms with E-state index in [-0.39, 0.29) is 22.3 Å². The number of rotatable bonds is 4. The number of carbonyl (C=O) groups excluding carboxylic acids is 1. The van der Waals surface area contributed by atoms with Gasteiger partial charge in [-0.05, 0) is 35.1 Å². The van der Waals surface area contributed by atoms with Gasteiger partial charge in [0.1, 0.15) is 11.8 Å². The molecule has 4 nitrogen and oxygen atoms in total. The van der Waals surface area contributed by atoms with E-state index in [4.69, 9.17) is 10.00 Å². The highest BCUT2D eigenvalue weighted by atomic mass is 127. The van der Waals surface area contributed by atoms with Gasteiger partial charge in [0.05, 0.1) is 18.6 Å². The maximum Gasteiger partial charge on any atom is 0.310 e. The van der Waals surface area contributed by atoms with Gasteiger partial charge in [0.2, 0.25) is 0 Å². The molecule has 0 radical (unpaired) electrons. The summed E-state index contributed by atoms with van der Waals surface area (Å²) in [5, 5.41) is 8.71. The van der Waals surface area contributed by atoms with Crippen LogP contribution in [0.3, 0.4) is 0 Å². The van der Waals surface area contributed by atoms with Crippen LogP contribution >= 0.6 is 22.6 Å². The minimum absolute atomic E-state index is 0.134. The molecule has 0 spiro atoms. The predicted octanol–water partition coefficient (Wildman–Crippen LogP) is 2.60. The fourth-order valence-electron chi connectivity index (χ4n) is 1.32. The van der Waals surface area contributed by atoms with Gasteiger partial charge in [-0.3, -0.25) is 4.79 Å². The summed E-state index contributed by atoms with van der Waals surface area (Å²) in [5.41, 5.74) is -0.412. The molecule has 96 valence electrons. The minimum Gasteiger partial charge on any atom is -0.466 e. The average Bonchev–Trinajstić information content (AvgIpc) is 2.31. The number of esters is 1. The summed E-state index contributed by atoms with van der Waals surface area (Å²) < 4.78 is 30.6. The lowest BCUT2D eigenvalue weighted by atomic mass is 10.1. The largest absolute Gasteiger partial charge is 0.466 e. The van der Waals surface area contributed by atoms with Crippen LogP contribution in [0.15, 0.2) is 6.20 Å². The van der Waals surface area contributed by atoms with Crippen LogP contribution in [0.25, 0.3) is 0 Å². The van der Waals surface area contributed by atoms with Gasteiger partial charge in [-0.15, -0.1) is 0 Å². The third-order valence-electron chi connectivity index (χ3n) is 2.09. The normalized spacial score (nSPS) is 10.2. The zero-order chi connectivity index (χ0) is 13.7. The van der Waals surface area contributed by atoms with E-state index in [0.717, 1.165) is 0 Å². The third-order valence-corrected chi connectivity index (χ3v) is 3.36. The molecule has 0 aliphatic carbocycles. The smallest absolute Gasteiger partial charge is 0.310 e. The van der Waals surface area contributed by atoms with Crippen molar-refractivity contribution in [3.05, 3.63) is 26.6 Å². The number of nitrogens with zero attached hydrogens (tertiary/aromatic N) is 2. The first kappa shape index (κ1) is 14.8. The molecule has 0 unspecified atom stereocenters. The Labute approximate surface area is 116 Å². The van der Waals surface area contributed by atoms with E-state index in [1.165, 1.54) is 6.20 Å². The number of hydrogen-bond acceptors (Lipinski definition) is 4. The predicted molar refractivity (Wildman–Crippen MR) is 67.0 cm³/mol. The zero-order valence-corrected chi connectivity index (χ0v) is 11.6. The number of alkyl halides is 2. The minimum atomic E-state index is -2.80. The van der Waals surface area contributed by atoms with Gasteiger partial charge in [-0.1, -0.05) is 0 Å². The molecule has 18 heavy (non-hydrogen) atoms. The Morgan fingerprint density at radius 2 is 2.33 bits per heavy atom. The Kier molecular flexibility index (Phi) is 5.40. The lowest BCUT2D eigenvalue weighted by Gasteiger charge is -2.10. The number of pyridine rings is 1. The highest BCUT2D eigenvalue weighted by Gasteiger charge is 2.21. The first-order valence-corrected chi connectivity index (χ1v) is 6.10. The lowest BCUT2D eigenvalue weighted by Crippen LogP contribution is -2.11. The van der Waals surface area contributed by atoms with E-state index < -0.39 is 18.0 Å². The molecule has 0 fully saturated rings. The highest BCUT2D eigenvalue weighted by Crippen LogP contribution is 2.29. The molecular weight excluding hydrogens is 357 g/mol. The number of carbonyl (C=O) groups is 1. The molecule has 0 saturated carbocycles. The Hall–Kier alpha value is -1.30. The Morgan fingerprint density at radius 1 is 1.67 bits per heavy atom. The quantitative estimate of drug-likeness (QED) is 0.607. The van der Waals surface area contributed by atoms with Crippen molar-refractivity contribution in [3.8, 4) is 6.07 Å². The van der Waals surface area contributed by atoms with Crippen LogP contribution in [-0.2, 0) is 16.0 Å². The molecule has 0 aliphatic heterocycles. The molecule has 1 aromatic heterocycles. The van der Waals surface area contributed by atoms with Crippen LogP contribution in [0.2, 0.25) is 0 Å². The van der Waals surface area contributed by atoms with Gasteiger partial charge in [0, 0.05) is 9.77 Å². The van der Waals surface area contributed by atoms with Crippen molar-refractivity contribution in [3.63, 3.8) is 0 Å². The lowest BCUT2D eigenvalue weighted by molar-refractivity contribution is -0.142. The Bertz CT molecular complexity index is 501. The van der Waals surface area contributed by atoms with Gasteiger partial charge >= 0.3 is 5.97 Å². The van der Waals surface area contributed by atoms with Gasteiger partial charge < -0.3 is 4.74 Å². The maximum atomic E-state index is 12.8. The summed E-state index contributed by atoms with van der Waals surface area (Å²) in [5.74, 6) is -0.512. The molecule has 0 N–H and O–H groups in total. The summed E-state index contributed by atoms with van der Waals surface area (Å²) >= 11 is 1.69. The van der Waals surface area contributed by atoms with E-state index in [0.29, 0.717) is 5.56 Å². The molecular formula is C11H9F2IN2O2. The van der Waals surface area contributed by atoms with E-state index in [9.17, 15) is 13.6 Å². The molecule has 1 heterocycles. The second-order valence-electron chi connectivity index (χ2n) is 3.25. The van der Waals surface area contributed by atoms with E-state index in [1.807, 2.05) is 0 Å². The Morgan fingerprint density at radius 3 is 2.83 bits per heavy atom. The third kappa shape index (κ3) is 3.35.